The number of hydrogen-bond acceptors (Lipinski definition) is 4. The van der Waals surface area contributed by atoms with E-state index in [9.17, 15) is 13.2 Å². The molecule has 0 radical (unpaired) electrons. The van der Waals surface area contributed by atoms with Crippen LogP contribution in [0.15, 0.2) is 29.2 Å². The normalized spacial score (nSPS) is 16.1. The van der Waals surface area contributed by atoms with E-state index in [1.165, 1.54) is 14.1 Å². The molecule has 1 rings (SSSR count). The first kappa shape index (κ1) is 18.6. The van der Waals surface area contributed by atoms with E-state index >= 15 is 0 Å². The van der Waals surface area contributed by atoms with Crippen molar-refractivity contribution in [1.29, 1.82) is 0 Å². The Hall–Kier alpha value is -1.44. The lowest BCUT2D eigenvalue weighted by molar-refractivity contribution is -0.125. The standard InChI is InChI=1S/C15H25N3O3S/c1-10(11(2)16)15(19)17-12(3)13-6-8-14(9-7-13)22(20,21)18(4)5/h6-12H,16H2,1-5H3,(H,17,19). The van der Waals surface area contributed by atoms with Crippen LogP contribution in [0, 0.1) is 5.92 Å². The molecule has 6 nitrogen and oxygen atoms in total. The molecule has 0 spiro atoms. The zero-order valence-corrected chi connectivity index (χ0v) is 14.5. The average molecular weight is 327 g/mol. The van der Waals surface area contributed by atoms with E-state index in [-0.39, 0.29) is 28.8 Å². The number of nitrogens with one attached hydrogen (secondary N) is 1. The number of amides is 1. The molecule has 1 amide bonds. The monoisotopic (exact) mass is 327 g/mol. The quantitative estimate of drug-likeness (QED) is 0.818. The number of sulfonamides is 1. The maximum atomic E-state index is 12.0. The highest BCUT2D eigenvalue weighted by Gasteiger charge is 2.20. The Bertz CT molecular complexity index is 609. The number of carbonyl (C=O) groups is 1. The van der Waals surface area contributed by atoms with Crippen LogP contribution < -0.4 is 11.1 Å². The van der Waals surface area contributed by atoms with E-state index in [1.54, 1.807) is 38.1 Å². The Balaban J connectivity index is 2.85. The molecule has 0 aliphatic heterocycles. The number of benzene rings is 1. The highest BCUT2D eigenvalue weighted by atomic mass is 32.2. The summed E-state index contributed by atoms with van der Waals surface area (Å²) >= 11 is 0. The van der Waals surface area contributed by atoms with Gasteiger partial charge in [-0.05, 0) is 31.5 Å². The largest absolute Gasteiger partial charge is 0.349 e. The van der Waals surface area contributed by atoms with Gasteiger partial charge >= 0.3 is 0 Å². The highest BCUT2D eigenvalue weighted by Crippen LogP contribution is 2.18. The van der Waals surface area contributed by atoms with Crippen molar-refractivity contribution in [3.8, 4) is 0 Å². The van der Waals surface area contributed by atoms with E-state index < -0.39 is 10.0 Å². The predicted octanol–water partition coefficient (Wildman–Crippen LogP) is 1.10. The third-order valence-corrected chi connectivity index (χ3v) is 5.55. The van der Waals surface area contributed by atoms with Crippen molar-refractivity contribution >= 4 is 15.9 Å². The first-order valence-corrected chi connectivity index (χ1v) is 8.59. The van der Waals surface area contributed by atoms with Gasteiger partial charge in [0.25, 0.3) is 0 Å². The second-order valence-corrected chi connectivity index (χ2v) is 7.89. The van der Waals surface area contributed by atoms with Crippen LogP contribution in [-0.2, 0) is 14.8 Å². The molecule has 22 heavy (non-hydrogen) atoms. The zero-order chi connectivity index (χ0) is 17.1. The van der Waals surface area contributed by atoms with Crippen molar-refractivity contribution in [2.45, 2.75) is 37.8 Å². The van der Waals surface area contributed by atoms with E-state index in [0.717, 1.165) is 9.87 Å². The minimum atomic E-state index is -3.44. The van der Waals surface area contributed by atoms with Gasteiger partial charge in [-0.25, -0.2) is 12.7 Å². The summed E-state index contributed by atoms with van der Waals surface area (Å²) in [6.45, 7) is 5.41. The molecule has 0 heterocycles. The number of nitrogens with zero attached hydrogens (tertiary/aromatic N) is 1. The molecule has 7 heteroatoms. The van der Waals surface area contributed by atoms with Crippen LogP contribution in [0.4, 0.5) is 0 Å². The third-order valence-electron chi connectivity index (χ3n) is 3.72. The van der Waals surface area contributed by atoms with E-state index in [0.29, 0.717) is 0 Å². The summed E-state index contributed by atoms with van der Waals surface area (Å²) in [6, 6.07) is 6.06. The molecular weight excluding hydrogens is 302 g/mol. The molecule has 0 bridgehead atoms. The molecule has 124 valence electrons. The minimum Gasteiger partial charge on any atom is -0.349 e. The van der Waals surface area contributed by atoms with Crippen molar-refractivity contribution < 1.29 is 13.2 Å². The molecule has 1 aromatic rings. The van der Waals surface area contributed by atoms with Gasteiger partial charge in [0.05, 0.1) is 10.9 Å². The molecule has 0 aliphatic rings. The Morgan fingerprint density at radius 3 is 2.05 bits per heavy atom. The molecule has 3 unspecified atom stereocenters. The van der Waals surface area contributed by atoms with Gasteiger partial charge in [0.1, 0.15) is 0 Å². The maximum Gasteiger partial charge on any atom is 0.242 e. The fourth-order valence-corrected chi connectivity index (χ4v) is 2.71. The summed E-state index contributed by atoms with van der Waals surface area (Å²) in [5.41, 5.74) is 6.55. The van der Waals surface area contributed by atoms with E-state index in [4.69, 9.17) is 5.73 Å². The summed E-state index contributed by atoms with van der Waals surface area (Å²) in [5, 5.41) is 2.88. The van der Waals surface area contributed by atoms with Crippen molar-refractivity contribution in [3.63, 3.8) is 0 Å². The molecule has 1 aromatic carbocycles. The number of hydrogen-bond donors (Lipinski definition) is 2. The molecule has 0 saturated heterocycles. The van der Waals surface area contributed by atoms with E-state index in [2.05, 4.69) is 5.32 Å². The Kier molecular flexibility index (Phi) is 6.10. The van der Waals surface area contributed by atoms with Crippen LogP contribution in [0.5, 0.6) is 0 Å². The first-order chi connectivity index (χ1) is 10.1. The smallest absolute Gasteiger partial charge is 0.242 e. The first-order valence-electron chi connectivity index (χ1n) is 7.15. The number of nitrogens with two attached hydrogens (primary N) is 1. The average Bonchev–Trinajstić information content (AvgIpc) is 2.46. The minimum absolute atomic E-state index is 0.118. The lowest BCUT2D eigenvalue weighted by atomic mass is 10.0. The van der Waals surface area contributed by atoms with Crippen LogP contribution in [0.1, 0.15) is 32.4 Å². The second-order valence-electron chi connectivity index (χ2n) is 5.73. The van der Waals surface area contributed by atoms with Crippen molar-refractivity contribution in [3.05, 3.63) is 29.8 Å². The van der Waals surface area contributed by atoms with Gasteiger partial charge in [0.2, 0.25) is 15.9 Å². The molecule has 0 aromatic heterocycles. The second kappa shape index (κ2) is 7.21. The molecule has 3 atom stereocenters. The summed E-state index contributed by atoms with van der Waals surface area (Å²) in [4.78, 5) is 12.2. The Labute approximate surface area is 132 Å². The molecule has 0 saturated carbocycles. The fourth-order valence-electron chi connectivity index (χ4n) is 1.81. The van der Waals surface area contributed by atoms with Crippen LogP contribution in [-0.4, -0.2) is 38.8 Å². The zero-order valence-electron chi connectivity index (χ0n) is 13.7. The van der Waals surface area contributed by atoms with Crippen molar-refractivity contribution in [2.75, 3.05) is 14.1 Å². The van der Waals surface area contributed by atoms with Crippen molar-refractivity contribution in [1.82, 2.24) is 9.62 Å². The molecule has 3 N–H and O–H groups in total. The summed E-state index contributed by atoms with van der Waals surface area (Å²) < 4.78 is 25.2. The van der Waals surface area contributed by atoms with Crippen LogP contribution >= 0.6 is 0 Å². The third kappa shape index (κ3) is 4.28. The van der Waals surface area contributed by atoms with Crippen LogP contribution in [0.3, 0.4) is 0 Å². The van der Waals surface area contributed by atoms with Gasteiger partial charge in [-0.15, -0.1) is 0 Å². The van der Waals surface area contributed by atoms with Gasteiger partial charge in [-0.2, -0.15) is 0 Å². The summed E-state index contributed by atoms with van der Waals surface area (Å²) in [6.07, 6.45) is 0. The number of rotatable bonds is 6. The number of carbonyl (C=O) groups excluding carboxylic acids is 1. The van der Waals surface area contributed by atoms with Gasteiger partial charge in [-0.1, -0.05) is 19.1 Å². The summed E-state index contributed by atoms with van der Waals surface area (Å²) in [7, 11) is -0.462. The maximum absolute atomic E-state index is 12.0. The van der Waals surface area contributed by atoms with E-state index in [1.807, 2.05) is 6.92 Å². The van der Waals surface area contributed by atoms with Gasteiger partial charge in [-0.3, -0.25) is 4.79 Å². The van der Waals surface area contributed by atoms with Crippen LogP contribution in [0.25, 0.3) is 0 Å². The fraction of sp³-hybridized carbons (Fsp3) is 0.533. The highest BCUT2D eigenvalue weighted by molar-refractivity contribution is 7.89. The molecule has 0 fully saturated rings. The molecule has 0 aliphatic carbocycles. The van der Waals surface area contributed by atoms with Crippen LogP contribution in [0.2, 0.25) is 0 Å². The lowest BCUT2D eigenvalue weighted by Crippen LogP contribution is -2.39. The SMILES string of the molecule is CC(NC(=O)C(C)C(C)N)c1ccc(S(=O)(=O)N(C)C)cc1. The van der Waals surface area contributed by atoms with Gasteiger partial charge in [0.15, 0.2) is 0 Å². The van der Waals surface area contributed by atoms with Gasteiger partial charge in [0, 0.05) is 26.1 Å². The Morgan fingerprint density at radius 1 is 1.14 bits per heavy atom. The predicted molar refractivity (Wildman–Crippen MR) is 86.7 cm³/mol. The van der Waals surface area contributed by atoms with Crippen molar-refractivity contribution in [2.24, 2.45) is 11.7 Å². The Morgan fingerprint density at radius 2 is 1.64 bits per heavy atom. The topological polar surface area (TPSA) is 92.5 Å². The van der Waals surface area contributed by atoms with Gasteiger partial charge < -0.3 is 11.1 Å². The lowest BCUT2D eigenvalue weighted by Gasteiger charge is -2.20. The summed E-state index contributed by atoms with van der Waals surface area (Å²) in [5.74, 6) is -0.400. The molecular formula is C15H25N3O3S.